The standard InChI is InChI=1S/C28H38BF3N6O5/c1-27(2)19-4-3-5-22(24(19)29-43-27)38(42)26(41)21(16-17-6-8-18(9-7-17)28(30,31)32)36-25(40)20(35)10-11-23(39)37(14-12-33)15-13-34/h3-9,20-21,29,42H,10-16,33-35H2,1-2H3,(H,36,40)/t20-,21+/m0/s1. The van der Waals surface area contributed by atoms with Crippen LogP contribution in [0.4, 0.5) is 18.9 Å². The van der Waals surface area contributed by atoms with Crippen molar-refractivity contribution in [1.29, 1.82) is 0 Å². The van der Waals surface area contributed by atoms with Crippen LogP contribution in [-0.4, -0.2) is 73.6 Å². The van der Waals surface area contributed by atoms with Gasteiger partial charge in [-0.25, -0.2) is 0 Å². The van der Waals surface area contributed by atoms with E-state index >= 15 is 0 Å². The number of nitrogens with two attached hydrogens (primary N) is 3. The molecule has 0 bridgehead atoms. The smallest absolute Gasteiger partial charge is 0.416 e. The van der Waals surface area contributed by atoms with Gasteiger partial charge in [0.2, 0.25) is 11.8 Å². The van der Waals surface area contributed by atoms with E-state index < -0.39 is 41.2 Å². The fourth-order valence-corrected chi connectivity index (χ4v) is 4.87. The molecule has 1 aliphatic heterocycles. The molecule has 0 aliphatic carbocycles. The number of hydroxylamine groups is 1. The number of nitrogens with zero attached hydrogens (tertiary/aromatic N) is 2. The van der Waals surface area contributed by atoms with Gasteiger partial charge in [-0.2, -0.15) is 18.2 Å². The summed E-state index contributed by atoms with van der Waals surface area (Å²) in [7, 11) is 0.128. The quantitative estimate of drug-likeness (QED) is 0.122. The zero-order valence-corrected chi connectivity index (χ0v) is 24.2. The normalized spacial score (nSPS) is 15.2. The fraction of sp³-hybridized carbons (Fsp3) is 0.464. The molecule has 11 nitrogen and oxygen atoms in total. The van der Waals surface area contributed by atoms with Crippen molar-refractivity contribution in [2.75, 3.05) is 31.2 Å². The van der Waals surface area contributed by atoms with Gasteiger partial charge in [-0.1, -0.05) is 24.3 Å². The molecular formula is C28H38BF3N6O5. The predicted molar refractivity (Wildman–Crippen MR) is 156 cm³/mol. The Morgan fingerprint density at radius 3 is 2.28 bits per heavy atom. The lowest BCUT2D eigenvalue weighted by molar-refractivity contribution is -0.137. The Labute approximate surface area is 248 Å². The van der Waals surface area contributed by atoms with Gasteiger partial charge in [0.05, 0.1) is 22.9 Å². The Bertz CT molecular complexity index is 1290. The molecule has 0 saturated heterocycles. The monoisotopic (exact) mass is 606 g/mol. The molecule has 15 heteroatoms. The first kappa shape index (κ1) is 34.0. The third kappa shape index (κ3) is 8.54. The second-order valence-electron chi connectivity index (χ2n) is 10.8. The number of nitrogens with one attached hydrogen (secondary N) is 1. The number of anilines is 1. The van der Waals surface area contributed by atoms with Crippen molar-refractivity contribution in [1.82, 2.24) is 10.2 Å². The maximum absolute atomic E-state index is 13.6. The zero-order chi connectivity index (χ0) is 31.9. The molecule has 0 aromatic heterocycles. The van der Waals surface area contributed by atoms with Crippen LogP contribution in [0.5, 0.6) is 0 Å². The summed E-state index contributed by atoms with van der Waals surface area (Å²) in [5.41, 5.74) is 17.4. The highest BCUT2D eigenvalue weighted by Crippen LogP contribution is 2.31. The van der Waals surface area contributed by atoms with Crippen molar-refractivity contribution in [2.24, 2.45) is 17.2 Å². The highest BCUT2D eigenvalue weighted by molar-refractivity contribution is 6.52. The minimum atomic E-state index is -4.55. The van der Waals surface area contributed by atoms with Crippen molar-refractivity contribution < 1.29 is 37.4 Å². The number of rotatable bonds is 13. The highest BCUT2D eigenvalue weighted by Gasteiger charge is 2.37. The molecule has 2 atom stereocenters. The molecule has 0 spiro atoms. The summed E-state index contributed by atoms with van der Waals surface area (Å²) < 4.78 is 45.0. The molecule has 0 unspecified atom stereocenters. The molecule has 3 amide bonds. The Hall–Kier alpha value is -3.50. The van der Waals surface area contributed by atoms with Crippen molar-refractivity contribution in [3.63, 3.8) is 0 Å². The lowest BCUT2D eigenvalue weighted by atomic mass is 9.83. The van der Waals surface area contributed by atoms with E-state index in [1.807, 2.05) is 19.9 Å². The minimum Gasteiger partial charge on any atom is -0.426 e. The predicted octanol–water partition coefficient (Wildman–Crippen LogP) is 0.251. The first-order valence-corrected chi connectivity index (χ1v) is 13.9. The number of carbonyl (C=O) groups is 3. The first-order chi connectivity index (χ1) is 20.2. The van der Waals surface area contributed by atoms with Crippen molar-refractivity contribution in [2.45, 2.75) is 57.0 Å². The number of fused-ring (bicyclic) bond motifs is 1. The maximum Gasteiger partial charge on any atom is 0.416 e. The number of hydrogen-bond donors (Lipinski definition) is 5. The van der Waals surface area contributed by atoms with Crippen LogP contribution >= 0.6 is 0 Å². The van der Waals surface area contributed by atoms with Gasteiger partial charge in [-0.15, -0.1) is 0 Å². The molecule has 8 N–H and O–H groups in total. The Balaban J connectivity index is 1.81. The molecule has 234 valence electrons. The number of amides is 3. The van der Waals surface area contributed by atoms with Gasteiger partial charge < -0.3 is 32.1 Å². The van der Waals surface area contributed by atoms with Gasteiger partial charge in [0.15, 0.2) is 0 Å². The molecule has 1 heterocycles. The molecule has 0 radical (unpaired) electrons. The zero-order valence-electron chi connectivity index (χ0n) is 24.2. The average molecular weight is 606 g/mol. The molecule has 2 aromatic carbocycles. The van der Waals surface area contributed by atoms with E-state index in [2.05, 4.69) is 5.32 Å². The van der Waals surface area contributed by atoms with Gasteiger partial charge in [0.25, 0.3) is 5.91 Å². The van der Waals surface area contributed by atoms with E-state index in [-0.39, 0.29) is 51.4 Å². The van der Waals surface area contributed by atoms with Gasteiger partial charge in [0.1, 0.15) is 6.04 Å². The number of alkyl halides is 3. The molecular weight excluding hydrogens is 568 g/mol. The highest BCUT2D eigenvalue weighted by atomic mass is 19.4. The van der Waals surface area contributed by atoms with E-state index in [4.69, 9.17) is 21.9 Å². The summed E-state index contributed by atoms with van der Waals surface area (Å²) in [5, 5.41) is 14.0. The summed E-state index contributed by atoms with van der Waals surface area (Å²) in [6.45, 7) is 4.74. The third-order valence-corrected chi connectivity index (χ3v) is 7.31. The second kappa shape index (κ2) is 14.3. The third-order valence-electron chi connectivity index (χ3n) is 7.31. The summed E-state index contributed by atoms with van der Waals surface area (Å²) >= 11 is 0. The van der Waals surface area contributed by atoms with Gasteiger partial charge in [0, 0.05) is 39.0 Å². The van der Waals surface area contributed by atoms with E-state index in [0.29, 0.717) is 29.2 Å². The number of carbonyl (C=O) groups excluding carboxylic acids is 3. The van der Waals surface area contributed by atoms with Crippen LogP contribution in [0.2, 0.25) is 0 Å². The van der Waals surface area contributed by atoms with Crippen LogP contribution in [0.25, 0.3) is 0 Å². The van der Waals surface area contributed by atoms with Crippen LogP contribution in [0.15, 0.2) is 42.5 Å². The van der Waals surface area contributed by atoms with E-state index in [1.165, 1.54) is 23.1 Å². The summed E-state index contributed by atoms with van der Waals surface area (Å²) in [6, 6.07) is 6.48. The van der Waals surface area contributed by atoms with Crippen LogP contribution < -0.4 is 33.0 Å². The van der Waals surface area contributed by atoms with Gasteiger partial charge >= 0.3 is 13.7 Å². The lowest BCUT2D eigenvalue weighted by Gasteiger charge is -2.26. The molecule has 2 aromatic rings. The van der Waals surface area contributed by atoms with E-state index in [9.17, 15) is 32.8 Å². The van der Waals surface area contributed by atoms with Crippen LogP contribution in [-0.2, 0) is 37.2 Å². The Kier molecular flexibility index (Phi) is 11.3. The van der Waals surface area contributed by atoms with Crippen LogP contribution in [0, 0.1) is 0 Å². The summed E-state index contributed by atoms with van der Waals surface area (Å²) in [5.74, 6) is -2.01. The van der Waals surface area contributed by atoms with Crippen LogP contribution in [0.1, 0.15) is 43.4 Å². The molecule has 0 fully saturated rings. The Morgan fingerprint density at radius 2 is 1.70 bits per heavy atom. The first-order valence-electron chi connectivity index (χ1n) is 13.9. The van der Waals surface area contributed by atoms with Gasteiger partial charge in [-0.05, 0) is 55.1 Å². The SMILES string of the molecule is CC1(C)OBc2c(N(O)C(=O)[C@@H](Cc3ccc(C(F)(F)F)cc3)NC(=O)[C@@H](N)CCC(=O)N(CCN)CCN)cccc21. The number of hydrogen-bond acceptors (Lipinski definition) is 8. The molecule has 1 aliphatic rings. The lowest BCUT2D eigenvalue weighted by Crippen LogP contribution is -2.53. The minimum absolute atomic E-state index is 0.0566. The molecule has 0 saturated carbocycles. The number of benzene rings is 2. The summed E-state index contributed by atoms with van der Waals surface area (Å²) in [4.78, 5) is 40.7. The number of halogens is 3. The summed E-state index contributed by atoms with van der Waals surface area (Å²) in [6.07, 6.45) is -4.94. The topological polar surface area (TPSA) is 177 Å². The molecule has 3 rings (SSSR count). The largest absolute Gasteiger partial charge is 0.426 e. The van der Waals surface area contributed by atoms with E-state index in [0.717, 1.165) is 17.7 Å². The van der Waals surface area contributed by atoms with Gasteiger partial charge in [-0.3, -0.25) is 19.6 Å². The molecule has 43 heavy (non-hydrogen) atoms. The van der Waals surface area contributed by atoms with Crippen molar-refractivity contribution in [3.8, 4) is 0 Å². The fourth-order valence-electron chi connectivity index (χ4n) is 4.87. The Morgan fingerprint density at radius 1 is 1.07 bits per heavy atom. The van der Waals surface area contributed by atoms with Crippen molar-refractivity contribution in [3.05, 3.63) is 59.2 Å². The van der Waals surface area contributed by atoms with Crippen molar-refractivity contribution >= 4 is 36.4 Å². The average Bonchev–Trinajstić information content (AvgIpc) is 3.28. The van der Waals surface area contributed by atoms with Crippen LogP contribution in [0.3, 0.4) is 0 Å². The second-order valence-corrected chi connectivity index (χ2v) is 10.8. The van der Waals surface area contributed by atoms with E-state index in [1.54, 1.807) is 6.07 Å². The maximum atomic E-state index is 13.6.